The topological polar surface area (TPSA) is 110 Å². The monoisotopic (exact) mass is 283 g/mol. The molecule has 2 aromatic rings. The number of nitrogens with two attached hydrogens (primary N) is 1. The lowest BCUT2D eigenvalue weighted by Crippen LogP contribution is -2.16. The summed E-state index contributed by atoms with van der Waals surface area (Å²) in [6, 6.07) is 0.0301. The Morgan fingerprint density at radius 3 is 2.89 bits per heavy atom. The van der Waals surface area contributed by atoms with Crippen molar-refractivity contribution in [2.75, 3.05) is 12.3 Å². The fourth-order valence-electron chi connectivity index (χ4n) is 2.66. The van der Waals surface area contributed by atoms with Gasteiger partial charge in [0, 0.05) is 18.6 Å². The van der Waals surface area contributed by atoms with Crippen LogP contribution in [-0.2, 0) is 0 Å². The number of imidazole rings is 1. The highest BCUT2D eigenvalue weighted by Gasteiger charge is 2.34. The number of halogens is 1. The maximum Gasteiger partial charge on any atom is 0.223 e. The van der Waals surface area contributed by atoms with Crippen LogP contribution in [-0.4, -0.2) is 42.4 Å². The Labute approximate surface area is 114 Å². The lowest BCUT2D eigenvalue weighted by Gasteiger charge is -2.12. The van der Waals surface area contributed by atoms with E-state index in [9.17, 15) is 10.2 Å². The summed E-state index contributed by atoms with van der Waals surface area (Å²) in [6.07, 6.45) is 2.34. The molecule has 0 saturated heterocycles. The van der Waals surface area contributed by atoms with Gasteiger partial charge in [0.2, 0.25) is 5.95 Å². The Balaban J connectivity index is 2.02. The first-order chi connectivity index (χ1) is 9.10. The maximum absolute atomic E-state index is 9.86. The van der Waals surface area contributed by atoms with Gasteiger partial charge in [-0.05, 0) is 12.8 Å². The van der Waals surface area contributed by atoms with Gasteiger partial charge in [-0.1, -0.05) is 11.6 Å². The number of hydrogen-bond acceptors (Lipinski definition) is 6. The molecular weight excluding hydrogens is 270 g/mol. The van der Waals surface area contributed by atoms with Crippen LogP contribution in [0.5, 0.6) is 0 Å². The van der Waals surface area contributed by atoms with Crippen molar-refractivity contribution in [2.24, 2.45) is 5.92 Å². The smallest absolute Gasteiger partial charge is 0.223 e. The molecule has 1 saturated carbocycles. The van der Waals surface area contributed by atoms with Gasteiger partial charge >= 0.3 is 0 Å². The van der Waals surface area contributed by atoms with Crippen molar-refractivity contribution in [1.82, 2.24) is 19.5 Å². The second-order valence-corrected chi connectivity index (χ2v) is 5.19. The quantitative estimate of drug-likeness (QED) is 0.687. The lowest BCUT2D eigenvalue weighted by molar-refractivity contribution is 0.0906. The van der Waals surface area contributed by atoms with Gasteiger partial charge in [0.15, 0.2) is 10.8 Å². The predicted molar refractivity (Wildman–Crippen MR) is 69.6 cm³/mol. The van der Waals surface area contributed by atoms with E-state index in [1.807, 2.05) is 4.57 Å². The molecule has 102 valence electrons. The molecule has 0 bridgehead atoms. The van der Waals surface area contributed by atoms with E-state index in [0.717, 1.165) is 0 Å². The summed E-state index contributed by atoms with van der Waals surface area (Å²) in [5.41, 5.74) is 6.66. The van der Waals surface area contributed by atoms with E-state index in [1.165, 1.54) is 0 Å². The number of aliphatic hydroxyl groups excluding tert-OH is 2. The van der Waals surface area contributed by atoms with E-state index in [-0.39, 0.29) is 29.7 Å². The molecule has 2 unspecified atom stereocenters. The Kier molecular flexibility index (Phi) is 3.04. The molecule has 19 heavy (non-hydrogen) atoms. The van der Waals surface area contributed by atoms with Crippen LogP contribution < -0.4 is 5.73 Å². The Bertz CT molecular complexity index is 616. The standard InChI is InChI=1S/C11H14ClN5O2/c12-9-8-10(16-11(13)15-9)17(4-14-8)6-1-5(3-18)7(19)2-6/h4-7,18-19H,1-3H2,(H2,13,15,16)/t5?,6-,7?/m0/s1. The average molecular weight is 284 g/mol. The molecule has 3 rings (SSSR count). The summed E-state index contributed by atoms with van der Waals surface area (Å²) in [6.45, 7) is -0.0256. The third-order valence-corrected chi connectivity index (χ3v) is 3.92. The number of rotatable bonds is 2. The number of aliphatic hydroxyl groups is 2. The highest BCUT2D eigenvalue weighted by atomic mass is 35.5. The molecule has 3 atom stereocenters. The second-order valence-electron chi connectivity index (χ2n) is 4.83. The van der Waals surface area contributed by atoms with Gasteiger partial charge in [-0.2, -0.15) is 9.97 Å². The first-order valence-electron chi connectivity index (χ1n) is 6.04. The van der Waals surface area contributed by atoms with Gasteiger partial charge in [0.1, 0.15) is 5.52 Å². The maximum atomic E-state index is 9.86. The number of hydrogen-bond donors (Lipinski definition) is 3. The zero-order chi connectivity index (χ0) is 13.6. The summed E-state index contributed by atoms with van der Waals surface area (Å²) in [5, 5.41) is 19.3. The van der Waals surface area contributed by atoms with E-state index in [2.05, 4.69) is 15.0 Å². The fourth-order valence-corrected chi connectivity index (χ4v) is 2.88. The van der Waals surface area contributed by atoms with E-state index in [0.29, 0.717) is 24.0 Å². The van der Waals surface area contributed by atoms with Gasteiger partial charge in [-0.3, -0.25) is 0 Å². The van der Waals surface area contributed by atoms with Gasteiger partial charge in [0.05, 0.1) is 12.4 Å². The third-order valence-electron chi connectivity index (χ3n) is 3.66. The molecule has 1 aliphatic rings. The van der Waals surface area contributed by atoms with Crippen molar-refractivity contribution in [3.05, 3.63) is 11.5 Å². The Morgan fingerprint density at radius 2 is 2.21 bits per heavy atom. The molecular formula is C11H14ClN5O2. The average Bonchev–Trinajstić information content (AvgIpc) is 2.92. The number of aromatic nitrogens is 4. The largest absolute Gasteiger partial charge is 0.396 e. The molecule has 4 N–H and O–H groups in total. The molecule has 1 fully saturated rings. The highest BCUT2D eigenvalue weighted by molar-refractivity contribution is 6.33. The minimum absolute atomic E-state index is 0.0256. The van der Waals surface area contributed by atoms with Crippen LogP contribution in [0.3, 0.4) is 0 Å². The molecule has 0 aromatic carbocycles. The number of fused-ring (bicyclic) bond motifs is 1. The molecule has 7 nitrogen and oxygen atoms in total. The zero-order valence-corrected chi connectivity index (χ0v) is 10.8. The third kappa shape index (κ3) is 2.03. The first-order valence-corrected chi connectivity index (χ1v) is 6.42. The summed E-state index contributed by atoms with van der Waals surface area (Å²) in [5.74, 6) is -0.0198. The van der Waals surface area contributed by atoms with Gasteiger partial charge in [-0.15, -0.1) is 0 Å². The fraction of sp³-hybridized carbons (Fsp3) is 0.545. The first kappa shape index (κ1) is 12.6. The van der Waals surface area contributed by atoms with Crippen molar-refractivity contribution in [3.63, 3.8) is 0 Å². The minimum atomic E-state index is -0.512. The SMILES string of the molecule is Nc1nc(Cl)c2ncn([C@@H]3CC(O)C(CO)C3)c2n1. The predicted octanol–water partition coefficient (Wildman–Crippen LogP) is 0.366. The normalized spacial score (nSPS) is 27.2. The van der Waals surface area contributed by atoms with Crippen molar-refractivity contribution < 1.29 is 10.2 Å². The van der Waals surface area contributed by atoms with Gasteiger partial charge < -0.3 is 20.5 Å². The van der Waals surface area contributed by atoms with Crippen LogP contribution >= 0.6 is 11.6 Å². The van der Waals surface area contributed by atoms with Gasteiger partial charge in [0.25, 0.3) is 0 Å². The summed E-state index contributed by atoms with van der Waals surface area (Å²) in [7, 11) is 0. The van der Waals surface area contributed by atoms with Crippen molar-refractivity contribution in [1.29, 1.82) is 0 Å². The molecule has 0 amide bonds. The highest BCUT2D eigenvalue weighted by Crippen LogP contribution is 2.36. The van der Waals surface area contributed by atoms with Crippen molar-refractivity contribution >= 4 is 28.7 Å². The zero-order valence-electron chi connectivity index (χ0n) is 10.1. The molecule has 0 aliphatic heterocycles. The number of nitrogen functional groups attached to an aromatic ring is 1. The van der Waals surface area contributed by atoms with E-state index in [4.69, 9.17) is 17.3 Å². The van der Waals surface area contributed by atoms with E-state index >= 15 is 0 Å². The Morgan fingerprint density at radius 1 is 1.42 bits per heavy atom. The molecule has 0 spiro atoms. The summed E-state index contributed by atoms with van der Waals surface area (Å²) >= 11 is 5.97. The van der Waals surface area contributed by atoms with Crippen molar-refractivity contribution in [3.8, 4) is 0 Å². The van der Waals surface area contributed by atoms with Crippen LogP contribution in [0.4, 0.5) is 5.95 Å². The molecule has 2 aromatic heterocycles. The molecule has 0 radical (unpaired) electrons. The minimum Gasteiger partial charge on any atom is -0.396 e. The number of nitrogens with zero attached hydrogens (tertiary/aromatic N) is 4. The molecule has 1 aliphatic carbocycles. The summed E-state index contributed by atoms with van der Waals surface area (Å²) in [4.78, 5) is 12.2. The molecule has 2 heterocycles. The van der Waals surface area contributed by atoms with Crippen LogP contribution in [0.2, 0.25) is 5.15 Å². The van der Waals surface area contributed by atoms with Crippen molar-refractivity contribution in [2.45, 2.75) is 25.0 Å². The van der Waals surface area contributed by atoms with Crippen LogP contribution in [0.25, 0.3) is 11.2 Å². The van der Waals surface area contributed by atoms with Gasteiger partial charge in [-0.25, -0.2) is 4.98 Å². The van der Waals surface area contributed by atoms with E-state index in [1.54, 1.807) is 6.33 Å². The lowest BCUT2D eigenvalue weighted by atomic mass is 10.1. The number of anilines is 1. The van der Waals surface area contributed by atoms with Crippen LogP contribution in [0.15, 0.2) is 6.33 Å². The summed E-state index contributed by atoms with van der Waals surface area (Å²) < 4.78 is 1.85. The molecule has 8 heteroatoms. The van der Waals surface area contributed by atoms with Crippen LogP contribution in [0, 0.1) is 5.92 Å². The van der Waals surface area contributed by atoms with Crippen LogP contribution in [0.1, 0.15) is 18.9 Å². The van der Waals surface area contributed by atoms with E-state index < -0.39 is 6.10 Å². The second kappa shape index (κ2) is 4.59. The Hall–Kier alpha value is -1.44.